The topological polar surface area (TPSA) is 20.3 Å². The molecule has 19 heavy (non-hydrogen) atoms. The Balaban J connectivity index is 2.20. The maximum Gasteiger partial charge on any atom is 0.163 e. The number of nitrogens with zero attached hydrogens (tertiary/aromatic N) is 1. The van der Waals surface area contributed by atoms with Crippen LogP contribution in [0.25, 0.3) is 6.08 Å². The monoisotopic (exact) mass is 257 g/mol. The van der Waals surface area contributed by atoms with Crippen molar-refractivity contribution >= 4 is 11.9 Å². The van der Waals surface area contributed by atoms with Gasteiger partial charge in [-0.3, -0.25) is 4.79 Å². The Labute approximate surface area is 116 Å². The van der Waals surface area contributed by atoms with Crippen LogP contribution < -0.4 is 0 Å². The highest BCUT2D eigenvalue weighted by molar-refractivity contribution is 6.02. The van der Waals surface area contributed by atoms with Crippen LogP contribution in [0.1, 0.15) is 30.4 Å². The number of carbonyl (C=O) groups excluding carboxylic acids is 1. The fourth-order valence-electron chi connectivity index (χ4n) is 2.75. The highest BCUT2D eigenvalue weighted by Gasteiger charge is 2.26. The summed E-state index contributed by atoms with van der Waals surface area (Å²) in [5, 5.41) is 0. The lowest BCUT2D eigenvalue weighted by molar-refractivity contribution is -0.120. The van der Waals surface area contributed by atoms with E-state index in [9.17, 15) is 4.79 Å². The lowest BCUT2D eigenvalue weighted by atomic mass is 9.83. The van der Waals surface area contributed by atoms with E-state index in [0.717, 1.165) is 31.4 Å². The van der Waals surface area contributed by atoms with Crippen LogP contribution in [0.4, 0.5) is 0 Å². The van der Waals surface area contributed by atoms with Crippen LogP contribution in [0.15, 0.2) is 29.8 Å². The molecule has 0 N–H and O–H groups in total. The molecule has 2 rings (SSSR count). The Kier molecular flexibility index (Phi) is 4.54. The van der Waals surface area contributed by atoms with Crippen LogP contribution in [0, 0.1) is 12.8 Å². The Morgan fingerprint density at radius 2 is 2.05 bits per heavy atom. The van der Waals surface area contributed by atoms with E-state index in [4.69, 9.17) is 0 Å². The van der Waals surface area contributed by atoms with Crippen molar-refractivity contribution in [3.05, 3.63) is 41.0 Å². The third-order valence-corrected chi connectivity index (χ3v) is 3.79. The van der Waals surface area contributed by atoms with Gasteiger partial charge in [-0.2, -0.15) is 0 Å². The SMILES string of the molecule is Cc1ccccc1C=C1CCCC(CN(C)C)C1=O. The average Bonchev–Trinajstić information content (AvgIpc) is 2.36. The maximum absolute atomic E-state index is 12.5. The highest BCUT2D eigenvalue weighted by atomic mass is 16.1. The van der Waals surface area contributed by atoms with Crippen molar-refractivity contribution < 1.29 is 4.79 Å². The smallest absolute Gasteiger partial charge is 0.163 e. The van der Waals surface area contributed by atoms with Gasteiger partial charge >= 0.3 is 0 Å². The summed E-state index contributed by atoms with van der Waals surface area (Å²) in [6.07, 6.45) is 5.18. The predicted octanol–water partition coefficient (Wildman–Crippen LogP) is 3.31. The first kappa shape index (κ1) is 14.0. The van der Waals surface area contributed by atoms with Crippen LogP contribution in [-0.2, 0) is 4.79 Å². The van der Waals surface area contributed by atoms with Gasteiger partial charge < -0.3 is 4.90 Å². The van der Waals surface area contributed by atoms with E-state index in [0.29, 0.717) is 5.78 Å². The first-order valence-electron chi connectivity index (χ1n) is 7.03. The summed E-state index contributed by atoms with van der Waals surface area (Å²) in [5.41, 5.74) is 3.42. The molecule has 1 aliphatic carbocycles. The first-order chi connectivity index (χ1) is 9.08. The minimum atomic E-state index is 0.180. The van der Waals surface area contributed by atoms with E-state index in [2.05, 4.69) is 30.0 Å². The molecule has 0 bridgehead atoms. The molecule has 2 heteroatoms. The Hall–Kier alpha value is -1.41. The number of aryl methyl sites for hydroxylation is 1. The molecule has 102 valence electrons. The minimum absolute atomic E-state index is 0.180. The molecule has 1 fully saturated rings. The number of hydrogen-bond donors (Lipinski definition) is 0. The highest BCUT2D eigenvalue weighted by Crippen LogP contribution is 2.27. The molecule has 1 atom stereocenters. The second-order valence-corrected chi connectivity index (χ2v) is 5.74. The molecule has 1 aromatic carbocycles. The zero-order chi connectivity index (χ0) is 13.8. The quantitative estimate of drug-likeness (QED) is 0.774. The van der Waals surface area contributed by atoms with Gasteiger partial charge in [-0.15, -0.1) is 0 Å². The van der Waals surface area contributed by atoms with Crippen molar-refractivity contribution in [3.8, 4) is 0 Å². The van der Waals surface area contributed by atoms with E-state index in [-0.39, 0.29) is 5.92 Å². The van der Waals surface area contributed by atoms with Crippen LogP contribution in [0.3, 0.4) is 0 Å². The van der Waals surface area contributed by atoms with Gasteiger partial charge in [-0.25, -0.2) is 0 Å². The lowest BCUT2D eigenvalue weighted by Crippen LogP contribution is -2.31. The lowest BCUT2D eigenvalue weighted by Gasteiger charge is -2.25. The van der Waals surface area contributed by atoms with Crippen LogP contribution in [0.5, 0.6) is 0 Å². The molecule has 1 unspecified atom stereocenters. The second-order valence-electron chi connectivity index (χ2n) is 5.74. The fourth-order valence-corrected chi connectivity index (χ4v) is 2.75. The van der Waals surface area contributed by atoms with E-state index in [1.54, 1.807) is 0 Å². The van der Waals surface area contributed by atoms with Crippen LogP contribution in [-0.4, -0.2) is 31.3 Å². The van der Waals surface area contributed by atoms with Crippen LogP contribution >= 0.6 is 0 Å². The van der Waals surface area contributed by atoms with E-state index < -0.39 is 0 Å². The second kappa shape index (κ2) is 6.16. The summed E-state index contributed by atoms with van der Waals surface area (Å²) in [4.78, 5) is 14.6. The number of allylic oxidation sites excluding steroid dienone is 1. The number of rotatable bonds is 3. The third-order valence-electron chi connectivity index (χ3n) is 3.79. The van der Waals surface area contributed by atoms with Crippen molar-refractivity contribution in [2.45, 2.75) is 26.2 Å². The number of Topliss-reactive ketones (excluding diaryl/α,β-unsaturated/α-hetero) is 1. The molecule has 1 saturated carbocycles. The normalized spacial score (nSPS) is 22.2. The Morgan fingerprint density at radius 1 is 1.32 bits per heavy atom. The number of ketones is 1. The standard InChI is InChI=1S/C17H23NO/c1-13-7-4-5-8-14(13)11-15-9-6-10-16(17(15)19)12-18(2)3/h4-5,7-8,11,16H,6,9-10,12H2,1-3H3. The van der Waals surface area contributed by atoms with E-state index in [1.807, 2.05) is 26.2 Å². The minimum Gasteiger partial charge on any atom is -0.309 e. The maximum atomic E-state index is 12.5. The number of carbonyl (C=O) groups is 1. The van der Waals surface area contributed by atoms with Gasteiger partial charge in [0.1, 0.15) is 0 Å². The van der Waals surface area contributed by atoms with Crippen molar-refractivity contribution in [1.82, 2.24) is 4.90 Å². The molecule has 0 spiro atoms. The molecule has 0 aliphatic heterocycles. The Morgan fingerprint density at radius 3 is 2.74 bits per heavy atom. The molecular formula is C17H23NO. The molecule has 1 aromatic rings. The Bertz CT molecular complexity index is 488. The fraction of sp³-hybridized carbons (Fsp3) is 0.471. The summed E-state index contributed by atoms with van der Waals surface area (Å²) in [5.74, 6) is 0.530. The zero-order valence-corrected chi connectivity index (χ0v) is 12.1. The molecular weight excluding hydrogens is 234 g/mol. The largest absolute Gasteiger partial charge is 0.309 e. The van der Waals surface area contributed by atoms with Gasteiger partial charge in [0.05, 0.1) is 0 Å². The molecule has 0 saturated heterocycles. The number of hydrogen-bond acceptors (Lipinski definition) is 2. The van der Waals surface area contributed by atoms with Gasteiger partial charge in [0, 0.05) is 12.5 Å². The van der Waals surface area contributed by atoms with Crippen LogP contribution in [0.2, 0.25) is 0 Å². The first-order valence-corrected chi connectivity index (χ1v) is 7.03. The summed E-state index contributed by atoms with van der Waals surface area (Å²) < 4.78 is 0. The average molecular weight is 257 g/mol. The van der Waals surface area contributed by atoms with Gasteiger partial charge in [0.2, 0.25) is 0 Å². The van der Waals surface area contributed by atoms with Gasteiger partial charge in [0.15, 0.2) is 5.78 Å². The zero-order valence-electron chi connectivity index (χ0n) is 12.1. The van der Waals surface area contributed by atoms with Gasteiger partial charge in [0.25, 0.3) is 0 Å². The molecule has 0 amide bonds. The molecule has 0 aromatic heterocycles. The third kappa shape index (κ3) is 3.54. The molecule has 2 nitrogen and oxygen atoms in total. The predicted molar refractivity (Wildman–Crippen MR) is 80.1 cm³/mol. The molecule has 1 aliphatic rings. The number of benzene rings is 1. The van der Waals surface area contributed by atoms with Gasteiger partial charge in [-0.05, 0) is 63.1 Å². The summed E-state index contributed by atoms with van der Waals surface area (Å²) in [6.45, 7) is 2.96. The van der Waals surface area contributed by atoms with Crippen molar-refractivity contribution in [3.63, 3.8) is 0 Å². The summed E-state index contributed by atoms with van der Waals surface area (Å²) in [7, 11) is 4.07. The van der Waals surface area contributed by atoms with Crippen molar-refractivity contribution in [2.24, 2.45) is 5.92 Å². The summed E-state index contributed by atoms with van der Waals surface area (Å²) in [6, 6.07) is 8.25. The van der Waals surface area contributed by atoms with E-state index in [1.165, 1.54) is 11.1 Å². The van der Waals surface area contributed by atoms with Crippen molar-refractivity contribution in [1.29, 1.82) is 0 Å². The van der Waals surface area contributed by atoms with Gasteiger partial charge in [-0.1, -0.05) is 24.3 Å². The van der Waals surface area contributed by atoms with Crippen molar-refractivity contribution in [2.75, 3.05) is 20.6 Å². The molecule has 0 heterocycles. The molecule has 0 radical (unpaired) electrons. The van der Waals surface area contributed by atoms with E-state index >= 15 is 0 Å². The summed E-state index contributed by atoms with van der Waals surface area (Å²) >= 11 is 0.